The highest BCUT2D eigenvalue weighted by molar-refractivity contribution is 7.89. The van der Waals surface area contributed by atoms with E-state index in [9.17, 15) is 13.5 Å². The molecule has 2 aliphatic heterocycles. The lowest BCUT2D eigenvalue weighted by Gasteiger charge is -2.43. The van der Waals surface area contributed by atoms with Crippen molar-refractivity contribution < 1.29 is 37.2 Å². The van der Waals surface area contributed by atoms with Gasteiger partial charge in [0.25, 0.3) is 0 Å². The van der Waals surface area contributed by atoms with Crippen molar-refractivity contribution in [1.82, 2.24) is 4.31 Å². The molecule has 0 aliphatic carbocycles. The molecule has 0 saturated carbocycles. The zero-order valence-corrected chi connectivity index (χ0v) is 29.4. The van der Waals surface area contributed by atoms with Crippen LogP contribution in [0.4, 0.5) is 5.69 Å². The molecular weight excluding hydrogens is 632 g/mol. The number of fused-ring (bicyclic) bond motifs is 1. The van der Waals surface area contributed by atoms with Crippen LogP contribution >= 0.6 is 0 Å². The van der Waals surface area contributed by atoms with Gasteiger partial charge < -0.3 is 33.7 Å². The van der Waals surface area contributed by atoms with Gasteiger partial charge in [0.1, 0.15) is 18.5 Å². The zero-order valence-electron chi connectivity index (χ0n) is 28.5. The summed E-state index contributed by atoms with van der Waals surface area (Å²) in [6.45, 7) is 7.63. The Morgan fingerprint density at radius 1 is 0.917 bits per heavy atom. The van der Waals surface area contributed by atoms with Gasteiger partial charge in [-0.2, -0.15) is 4.31 Å². The fourth-order valence-electron chi connectivity index (χ4n) is 6.43. The molecule has 1 unspecified atom stereocenters. The Morgan fingerprint density at radius 3 is 2.31 bits per heavy atom. The Hall–Kier alpha value is -3.03. The van der Waals surface area contributed by atoms with Gasteiger partial charge in [0.2, 0.25) is 10.0 Å². The number of benzene rings is 3. The van der Waals surface area contributed by atoms with Gasteiger partial charge in [0.15, 0.2) is 0 Å². The van der Waals surface area contributed by atoms with E-state index < -0.39 is 28.3 Å². The third-order valence-corrected chi connectivity index (χ3v) is 10.9. The Labute approximate surface area is 285 Å². The van der Waals surface area contributed by atoms with E-state index in [2.05, 4.69) is 42.2 Å². The molecule has 11 heteroatoms. The lowest BCUT2D eigenvalue weighted by Crippen LogP contribution is -2.54. The molecule has 2 heterocycles. The van der Waals surface area contributed by atoms with Crippen molar-refractivity contribution in [2.45, 2.75) is 62.4 Å². The number of piperidine rings is 1. The van der Waals surface area contributed by atoms with Crippen LogP contribution in [0.25, 0.3) is 0 Å². The van der Waals surface area contributed by atoms with Gasteiger partial charge in [-0.05, 0) is 60.7 Å². The van der Waals surface area contributed by atoms with E-state index >= 15 is 0 Å². The van der Waals surface area contributed by atoms with Crippen molar-refractivity contribution in [3.63, 3.8) is 0 Å². The molecule has 0 radical (unpaired) electrons. The van der Waals surface area contributed by atoms with Gasteiger partial charge in [-0.1, -0.05) is 55.0 Å². The van der Waals surface area contributed by atoms with E-state index in [0.29, 0.717) is 13.2 Å². The third kappa shape index (κ3) is 8.95. The number of aliphatic hydroxyl groups is 1. The maximum Gasteiger partial charge on any atom is 0.243 e. The summed E-state index contributed by atoms with van der Waals surface area (Å²) in [5.41, 5.74) is 5.16. The number of methoxy groups -OCH3 is 2. The van der Waals surface area contributed by atoms with Crippen LogP contribution in [0.15, 0.2) is 71.6 Å². The van der Waals surface area contributed by atoms with E-state index in [0.717, 1.165) is 54.1 Å². The molecule has 0 aromatic heterocycles. The summed E-state index contributed by atoms with van der Waals surface area (Å²) in [5.74, 6) is 0.550. The quantitative estimate of drug-likeness (QED) is 0.218. The molecule has 1 saturated heterocycles. The average molecular weight is 683 g/mol. The largest absolute Gasteiger partial charge is 0.490 e. The standard InChI is InChI=1S/C37H50N2O8S/c1-5-28-9-12-30(13-10-28)37-35(46-24-29-11-16-34-33(21-29)38(18-20-45-34)17-6-19-43-3)22-39(23-36(37)47-26-31(40)25-44-4)48(41,42)32-14-7-27(2)8-15-32/h7-16,21,31,35-37,40H,5-6,17-20,22-26H2,1-4H3/t31?,35-,36+,37+/m0/s1. The molecule has 2 aliphatic rings. The normalized spacial score (nSPS) is 20.7. The first-order chi connectivity index (χ1) is 23.2. The number of sulfonamides is 1. The van der Waals surface area contributed by atoms with Crippen molar-refractivity contribution >= 4 is 15.7 Å². The Morgan fingerprint density at radius 2 is 1.62 bits per heavy atom. The van der Waals surface area contributed by atoms with Crippen LogP contribution in [0.5, 0.6) is 5.75 Å². The minimum atomic E-state index is -3.87. The highest BCUT2D eigenvalue weighted by Crippen LogP contribution is 2.37. The van der Waals surface area contributed by atoms with E-state index in [1.165, 1.54) is 17.0 Å². The molecule has 0 bridgehead atoms. The molecule has 1 fully saturated rings. The summed E-state index contributed by atoms with van der Waals surface area (Å²) in [6, 6.07) is 21.3. The minimum Gasteiger partial charge on any atom is -0.490 e. The number of hydrogen-bond acceptors (Lipinski definition) is 9. The summed E-state index contributed by atoms with van der Waals surface area (Å²) >= 11 is 0. The predicted octanol–water partition coefficient (Wildman–Crippen LogP) is 4.56. The lowest BCUT2D eigenvalue weighted by molar-refractivity contribution is -0.0997. The first-order valence-corrected chi connectivity index (χ1v) is 18.2. The van der Waals surface area contributed by atoms with Gasteiger partial charge in [-0.3, -0.25) is 0 Å². The highest BCUT2D eigenvalue weighted by atomic mass is 32.2. The number of aliphatic hydroxyl groups excluding tert-OH is 1. The first-order valence-electron chi connectivity index (χ1n) is 16.8. The molecule has 0 spiro atoms. The van der Waals surface area contributed by atoms with Crippen molar-refractivity contribution in [2.75, 3.05) is 71.7 Å². The average Bonchev–Trinajstić information content (AvgIpc) is 3.10. The van der Waals surface area contributed by atoms with Crippen molar-refractivity contribution in [2.24, 2.45) is 0 Å². The fraction of sp³-hybridized carbons (Fsp3) is 0.514. The maximum atomic E-state index is 14.1. The zero-order chi connectivity index (χ0) is 34.1. The van der Waals surface area contributed by atoms with Crippen LogP contribution < -0.4 is 9.64 Å². The van der Waals surface area contributed by atoms with Crippen LogP contribution in [0, 0.1) is 6.92 Å². The lowest BCUT2D eigenvalue weighted by atomic mass is 9.84. The SMILES string of the molecule is CCc1ccc([C@@H]2[C@@H](OCc3ccc4c(c3)N(CCCOC)CCO4)CN(S(=O)(=O)c3ccc(C)cc3)C[C@H]2OCC(O)COC)cc1. The van der Waals surface area contributed by atoms with E-state index in [4.69, 9.17) is 23.7 Å². The maximum absolute atomic E-state index is 14.1. The third-order valence-electron chi connectivity index (χ3n) is 9.08. The number of ether oxygens (including phenoxy) is 5. The second kappa shape index (κ2) is 17.1. The molecule has 10 nitrogen and oxygen atoms in total. The minimum absolute atomic E-state index is 0.00306. The monoisotopic (exact) mass is 682 g/mol. The number of anilines is 1. The summed E-state index contributed by atoms with van der Waals surface area (Å²) in [6.07, 6.45) is -0.173. The number of nitrogens with zero attached hydrogens (tertiary/aromatic N) is 2. The van der Waals surface area contributed by atoms with Gasteiger partial charge in [0, 0.05) is 46.4 Å². The summed E-state index contributed by atoms with van der Waals surface area (Å²) in [7, 11) is -0.637. The predicted molar refractivity (Wildman–Crippen MR) is 185 cm³/mol. The Balaban J connectivity index is 1.46. The van der Waals surface area contributed by atoms with Crippen molar-refractivity contribution in [3.05, 3.63) is 89.0 Å². The summed E-state index contributed by atoms with van der Waals surface area (Å²) in [5, 5.41) is 10.5. The topological polar surface area (TPSA) is 107 Å². The summed E-state index contributed by atoms with van der Waals surface area (Å²) < 4.78 is 59.0. The molecule has 3 aromatic rings. The molecule has 3 aromatic carbocycles. The van der Waals surface area contributed by atoms with E-state index in [1.54, 1.807) is 31.4 Å². The van der Waals surface area contributed by atoms with Crippen LogP contribution in [-0.4, -0.2) is 103 Å². The first kappa shape index (κ1) is 36.3. The highest BCUT2D eigenvalue weighted by Gasteiger charge is 2.44. The second-order valence-corrected chi connectivity index (χ2v) is 14.5. The number of hydrogen-bond donors (Lipinski definition) is 1. The van der Waals surface area contributed by atoms with Crippen LogP contribution in [0.3, 0.4) is 0 Å². The summed E-state index contributed by atoms with van der Waals surface area (Å²) in [4.78, 5) is 2.53. The van der Waals surface area contributed by atoms with E-state index in [-0.39, 0.29) is 43.7 Å². The van der Waals surface area contributed by atoms with Crippen LogP contribution in [0.1, 0.15) is 41.5 Å². The van der Waals surface area contributed by atoms with Crippen molar-refractivity contribution in [1.29, 1.82) is 0 Å². The van der Waals surface area contributed by atoms with E-state index in [1.807, 2.05) is 19.1 Å². The molecule has 48 heavy (non-hydrogen) atoms. The molecule has 5 rings (SSSR count). The number of aryl methyl sites for hydroxylation is 2. The molecule has 0 amide bonds. The Kier molecular flexibility index (Phi) is 12.9. The van der Waals surface area contributed by atoms with Crippen LogP contribution in [0.2, 0.25) is 0 Å². The van der Waals surface area contributed by atoms with Gasteiger partial charge in [-0.15, -0.1) is 0 Å². The fourth-order valence-corrected chi connectivity index (χ4v) is 7.90. The number of rotatable bonds is 16. The van der Waals surface area contributed by atoms with Crippen LogP contribution in [-0.2, 0) is 42.0 Å². The Bertz CT molecular complexity index is 1550. The second-order valence-electron chi connectivity index (χ2n) is 12.6. The van der Waals surface area contributed by atoms with Gasteiger partial charge in [0.05, 0.1) is 49.2 Å². The molecule has 262 valence electrons. The van der Waals surface area contributed by atoms with Gasteiger partial charge in [-0.25, -0.2) is 8.42 Å². The molecular formula is C37H50N2O8S. The van der Waals surface area contributed by atoms with Gasteiger partial charge >= 0.3 is 0 Å². The smallest absolute Gasteiger partial charge is 0.243 e. The molecule has 1 N–H and O–H groups in total. The van der Waals surface area contributed by atoms with Crippen molar-refractivity contribution in [3.8, 4) is 5.75 Å². The molecule has 4 atom stereocenters.